The lowest BCUT2D eigenvalue weighted by atomic mass is 10.0. The molecule has 0 unspecified atom stereocenters. The van der Waals surface area contributed by atoms with E-state index in [0.717, 1.165) is 30.5 Å². The summed E-state index contributed by atoms with van der Waals surface area (Å²) in [4.78, 5) is 42.3. The van der Waals surface area contributed by atoms with Gasteiger partial charge < -0.3 is 20.4 Å². The number of amides is 3. The monoisotopic (exact) mass is 410 g/mol. The Labute approximate surface area is 172 Å². The lowest BCUT2D eigenvalue weighted by Crippen LogP contribution is -2.61. The van der Waals surface area contributed by atoms with Gasteiger partial charge in [-0.25, -0.2) is 0 Å². The largest absolute Gasteiger partial charge is 0.337 e. The second kappa shape index (κ2) is 7.27. The molecule has 0 saturated carbocycles. The zero-order valence-corrected chi connectivity index (χ0v) is 16.7. The molecule has 1 aromatic heterocycles. The van der Waals surface area contributed by atoms with Gasteiger partial charge in [0.25, 0.3) is 5.91 Å². The van der Waals surface area contributed by atoms with Crippen LogP contribution in [0.25, 0.3) is 11.1 Å². The molecule has 3 aliphatic rings. The smallest absolute Gasteiger partial charge is 0.256 e. The predicted molar refractivity (Wildman–Crippen MR) is 111 cm³/mol. The van der Waals surface area contributed by atoms with Crippen LogP contribution in [0.1, 0.15) is 23.2 Å². The molecule has 150 valence electrons. The molecule has 1 aromatic carbocycles. The van der Waals surface area contributed by atoms with Gasteiger partial charge in [0.2, 0.25) is 11.8 Å². The van der Waals surface area contributed by atoms with E-state index in [-0.39, 0.29) is 30.3 Å². The van der Waals surface area contributed by atoms with Crippen molar-refractivity contribution in [2.24, 2.45) is 0 Å². The molecule has 2 fully saturated rings. The summed E-state index contributed by atoms with van der Waals surface area (Å²) in [6.45, 7) is 1.89. The average Bonchev–Trinajstić information content (AvgIpc) is 3.45. The molecule has 4 heterocycles. The Morgan fingerprint density at radius 2 is 2.03 bits per heavy atom. The van der Waals surface area contributed by atoms with Crippen LogP contribution in [0.15, 0.2) is 35.0 Å². The van der Waals surface area contributed by atoms with Crippen molar-refractivity contribution >= 4 is 34.7 Å². The number of hydrogen-bond donors (Lipinski definition) is 2. The minimum atomic E-state index is -0.668. The summed E-state index contributed by atoms with van der Waals surface area (Å²) in [5.41, 5.74) is 3.04. The molecule has 0 radical (unpaired) electrons. The molecule has 0 aliphatic carbocycles. The Kier molecular flexibility index (Phi) is 4.60. The van der Waals surface area contributed by atoms with E-state index in [1.807, 2.05) is 29.0 Å². The molecule has 8 heteroatoms. The minimum absolute atomic E-state index is 0.0314. The van der Waals surface area contributed by atoms with Gasteiger partial charge in [-0.05, 0) is 59.5 Å². The van der Waals surface area contributed by atoms with Gasteiger partial charge in [0, 0.05) is 13.1 Å². The van der Waals surface area contributed by atoms with Gasteiger partial charge in [0.15, 0.2) is 0 Å². The fourth-order valence-corrected chi connectivity index (χ4v) is 5.04. The third-order valence-electron chi connectivity index (χ3n) is 5.98. The Bertz CT molecular complexity index is 968. The van der Waals surface area contributed by atoms with E-state index in [1.165, 1.54) is 0 Å². The van der Waals surface area contributed by atoms with Gasteiger partial charge in [-0.1, -0.05) is 6.07 Å². The van der Waals surface area contributed by atoms with Crippen LogP contribution in [0.2, 0.25) is 0 Å². The maximum atomic E-state index is 13.3. The topological polar surface area (TPSA) is 81.8 Å². The number of nitrogens with zero attached hydrogens (tertiary/aromatic N) is 2. The lowest BCUT2D eigenvalue weighted by molar-refractivity contribution is -0.137. The molecule has 7 nitrogen and oxygen atoms in total. The molecule has 2 saturated heterocycles. The number of benzene rings is 1. The standard InChI is InChI=1S/C21H22N4O3S/c26-19-18-11-24(21(28)17-2-1-6-22-17)7-8-25(18)20(27)15-10-13(3-4-16(15)23-19)14-5-9-29-12-14/h3-5,9-10,12,17-18,22H,1-2,6-8,11H2,(H,23,26)/t17-,18+/m1/s1. The maximum Gasteiger partial charge on any atom is 0.256 e. The zero-order chi connectivity index (χ0) is 20.0. The Morgan fingerprint density at radius 1 is 1.14 bits per heavy atom. The summed E-state index contributed by atoms with van der Waals surface area (Å²) in [5.74, 6) is -0.368. The molecule has 2 atom stereocenters. The molecular weight excluding hydrogens is 388 g/mol. The highest BCUT2D eigenvalue weighted by atomic mass is 32.1. The van der Waals surface area contributed by atoms with E-state index in [9.17, 15) is 14.4 Å². The number of thiophene rings is 1. The first kappa shape index (κ1) is 18.3. The van der Waals surface area contributed by atoms with E-state index in [0.29, 0.717) is 24.3 Å². The number of hydrogen-bond acceptors (Lipinski definition) is 5. The van der Waals surface area contributed by atoms with Crippen molar-refractivity contribution in [1.82, 2.24) is 15.1 Å². The third-order valence-corrected chi connectivity index (χ3v) is 6.66. The summed E-state index contributed by atoms with van der Waals surface area (Å²) in [6.07, 6.45) is 1.81. The average molecular weight is 410 g/mol. The summed E-state index contributed by atoms with van der Waals surface area (Å²) in [5, 5.41) is 10.2. The van der Waals surface area contributed by atoms with Crippen LogP contribution >= 0.6 is 11.3 Å². The number of nitrogens with one attached hydrogen (secondary N) is 2. The molecule has 5 rings (SSSR count). The number of fused-ring (bicyclic) bond motifs is 2. The van der Waals surface area contributed by atoms with Gasteiger partial charge in [-0.2, -0.15) is 11.3 Å². The number of piperazine rings is 1. The van der Waals surface area contributed by atoms with Gasteiger partial charge in [0.05, 0.1) is 23.8 Å². The van der Waals surface area contributed by atoms with Crippen LogP contribution in [0.3, 0.4) is 0 Å². The SMILES string of the molecule is O=C1Nc2ccc(-c3ccsc3)cc2C(=O)N2CCN(C(=O)[C@H]3CCCN3)C[C@@H]12. The highest BCUT2D eigenvalue weighted by Gasteiger charge is 2.41. The highest BCUT2D eigenvalue weighted by Crippen LogP contribution is 2.31. The molecule has 0 bridgehead atoms. The maximum absolute atomic E-state index is 13.3. The van der Waals surface area contributed by atoms with Crippen molar-refractivity contribution < 1.29 is 14.4 Å². The summed E-state index contributed by atoms with van der Waals surface area (Å²) in [7, 11) is 0. The minimum Gasteiger partial charge on any atom is -0.337 e. The predicted octanol–water partition coefficient (Wildman–Crippen LogP) is 1.77. The Balaban J connectivity index is 1.42. The van der Waals surface area contributed by atoms with Gasteiger partial charge in [-0.3, -0.25) is 14.4 Å². The van der Waals surface area contributed by atoms with Crippen molar-refractivity contribution in [1.29, 1.82) is 0 Å². The van der Waals surface area contributed by atoms with Crippen LogP contribution in [0, 0.1) is 0 Å². The van der Waals surface area contributed by atoms with E-state index in [4.69, 9.17) is 0 Å². The van der Waals surface area contributed by atoms with Crippen molar-refractivity contribution in [2.45, 2.75) is 24.9 Å². The van der Waals surface area contributed by atoms with Crippen LogP contribution in [0.4, 0.5) is 5.69 Å². The molecule has 29 heavy (non-hydrogen) atoms. The van der Waals surface area contributed by atoms with E-state index >= 15 is 0 Å². The quantitative estimate of drug-likeness (QED) is 0.791. The number of rotatable bonds is 2. The fraction of sp³-hybridized carbons (Fsp3) is 0.381. The first-order valence-electron chi connectivity index (χ1n) is 9.92. The molecule has 3 amide bonds. The first-order chi connectivity index (χ1) is 14.1. The Morgan fingerprint density at radius 3 is 2.79 bits per heavy atom. The van der Waals surface area contributed by atoms with E-state index in [2.05, 4.69) is 10.6 Å². The van der Waals surface area contributed by atoms with Crippen molar-refractivity contribution in [3.63, 3.8) is 0 Å². The van der Waals surface area contributed by atoms with Crippen molar-refractivity contribution in [3.8, 4) is 11.1 Å². The fourth-order valence-electron chi connectivity index (χ4n) is 4.38. The zero-order valence-electron chi connectivity index (χ0n) is 15.9. The van der Waals surface area contributed by atoms with Crippen molar-refractivity contribution in [2.75, 3.05) is 31.5 Å². The number of carbonyl (C=O) groups is 3. The highest BCUT2D eigenvalue weighted by molar-refractivity contribution is 7.08. The van der Waals surface area contributed by atoms with Crippen LogP contribution in [0.5, 0.6) is 0 Å². The summed E-state index contributed by atoms with van der Waals surface area (Å²) >= 11 is 1.60. The number of carbonyl (C=O) groups excluding carboxylic acids is 3. The van der Waals surface area contributed by atoms with Crippen LogP contribution < -0.4 is 10.6 Å². The van der Waals surface area contributed by atoms with Crippen LogP contribution in [-0.4, -0.2) is 65.8 Å². The molecule has 2 N–H and O–H groups in total. The second-order valence-corrected chi connectivity index (χ2v) is 8.49. The summed E-state index contributed by atoms with van der Waals surface area (Å²) in [6, 6.07) is 6.73. The molecular formula is C21H22N4O3S. The van der Waals surface area contributed by atoms with Gasteiger partial charge in [0.1, 0.15) is 6.04 Å². The van der Waals surface area contributed by atoms with Gasteiger partial charge >= 0.3 is 0 Å². The summed E-state index contributed by atoms with van der Waals surface area (Å²) < 4.78 is 0. The normalized spacial score (nSPS) is 24.0. The van der Waals surface area contributed by atoms with Gasteiger partial charge in [-0.15, -0.1) is 0 Å². The lowest BCUT2D eigenvalue weighted by Gasteiger charge is -2.40. The van der Waals surface area contributed by atoms with Crippen molar-refractivity contribution in [3.05, 3.63) is 40.6 Å². The van der Waals surface area contributed by atoms with E-state index < -0.39 is 6.04 Å². The van der Waals surface area contributed by atoms with Crippen LogP contribution in [-0.2, 0) is 9.59 Å². The molecule has 0 spiro atoms. The third kappa shape index (κ3) is 3.22. The van der Waals surface area contributed by atoms with E-state index in [1.54, 1.807) is 27.2 Å². The molecule has 2 aromatic rings. The second-order valence-electron chi connectivity index (χ2n) is 7.71. The molecule has 3 aliphatic heterocycles. The number of anilines is 1. The first-order valence-corrected chi connectivity index (χ1v) is 10.9. The Hall–Kier alpha value is -2.71.